The lowest BCUT2D eigenvalue weighted by Gasteiger charge is -2.17. The Labute approximate surface area is 142 Å². The van der Waals surface area contributed by atoms with E-state index in [-0.39, 0.29) is 0 Å². The molecule has 0 amide bonds. The third kappa shape index (κ3) is 21.3. The van der Waals surface area contributed by atoms with Crippen molar-refractivity contribution in [3.63, 3.8) is 0 Å². The van der Waals surface area contributed by atoms with E-state index in [1.54, 1.807) is 0 Å². The Morgan fingerprint density at radius 2 is 1.04 bits per heavy atom. The summed E-state index contributed by atoms with van der Waals surface area (Å²) < 4.78 is 36.3. The standard InChI is InChI=1S/C17H30N.ClHO4/c1-2-3-4-5-6-7-8-9-10-12-15-18-16-13-11-14-17-18;2-1(3,4)5/h11,13-14,16-17H,2-10,12,15H2,1H3;(H,2,3,4,5)/q+1;/p-1. The molecule has 0 aromatic carbocycles. The summed E-state index contributed by atoms with van der Waals surface area (Å²) in [6.07, 6.45) is 18.5. The molecule has 0 aliphatic heterocycles. The highest BCUT2D eigenvalue weighted by Gasteiger charge is 1.97. The Bertz CT molecular complexity index is 351. The van der Waals surface area contributed by atoms with Crippen LogP contribution in [0.15, 0.2) is 30.6 Å². The van der Waals surface area contributed by atoms with E-state index < -0.39 is 10.2 Å². The fourth-order valence-electron chi connectivity index (χ4n) is 2.37. The topological polar surface area (TPSA) is 96.1 Å². The number of unbranched alkanes of at least 4 members (excludes halogenated alkanes) is 9. The molecular weight excluding hydrogens is 318 g/mol. The van der Waals surface area contributed by atoms with Crippen LogP contribution in [0.1, 0.15) is 71.1 Å². The zero-order chi connectivity index (χ0) is 17.4. The SMILES string of the molecule is CCCCCCCCCCCC[n+]1ccccc1.[O-][Cl+3]([O-])([O-])[O-]. The molecule has 23 heavy (non-hydrogen) atoms. The fraction of sp³-hybridized carbons (Fsp3) is 0.706. The molecule has 1 rings (SSSR count). The molecule has 0 unspecified atom stereocenters. The van der Waals surface area contributed by atoms with Crippen LogP contribution < -0.4 is 23.2 Å². The first-order chi connectivity index (χ1) is 10.9. The lowest BCUT2D eigenvalue weighted by Crippen LogP contribution is -2.68. The van der Waals surface area contributed by atoms with Gasteiger partial charge in [0.1, 0.15) is 6.54 Å². The number of halogens is 1. The molecule has 0 bridgehead atoms. The monoisotopic (exact) mass is 347 g/mol. The van der Waals surface area contributed by atoms with Crippen LogP contribution in [0, 0.1) is 10.2 Å². The lowest BCUT2D eigenvalue weighted by molar-refractivity contribution is -2.00. The Hall–Kier alpha value is -0.720. The van der Waals surface area contributed by atoms with E-state index in [1.807, 2.05) is 0 Å². The predicted octanol–water partition coefficient (Wildman–Crippen LogP) is 0.139. The van der Waals surface area contributed by atoms with Crippen molar-refractivity contribution in [1.29, 1.82) is 0 Å². The third-order valence-electron chi connectivity index (χ3n) is 3.55. The molecule has 1 aromatic rings. The van der Waals surface area contributed by atoms with Gasteiger partial charge in [0, 0.05) is 18.6 Å². The zero-order valence-electron chi connectivity index (χ0n) is 14.1. The maximum atomic E-state index is 8.49. The molecule has 0 spiro atoms. The first-order valence-electron chi connectivity index (χ1n) is 8.49. The average Bonchev–Trinajstić information content (AvgIpc) is 2.48. The van der Waals surface area contributed by atoms with Crippen molar-refractivity contribution in [2.24, 2.45) is 0 Å². The normalized spacial score (nSPS) is 11.0. The van der Waals surface area contributed by atoms with Gasteiger partial charge < -0.3 is 0 Å². The highest BCUT2D eigenvalue weighted by atomic mass is 35.7. The molecule has 1 heterocycles. The summed E-state index contributed by atoms with van der Waals surface area (Å²) >= 11 is 0. The van der Waals surface area contributed by atoms with Crippen LogP contribution >= 0.6 is 0 Å². The van der Waals surface area contributed by atoms with Crippen molar-refractivity contribution < 1.29 is 33.4 Å². The Kier molecular flexibility index (Phi) is 14.4. The Morgan fingerprint density at radius 1 is 0.652 bits per heavy atom. The van der Waals surface area contributed by atoms with Gasteiger partial charge in [0.2, 0.25) is 0 Å². The number of nitrogens with zero attached hydrogens (tertiary/aromatic N) is 1. The minimum atomic E-state index is -4.94. The van der Waals surface area contributed by atoms with E-state index >= 15 is 0 Å². The second-order valence-corrected chi connectivity index (χ2v) is 6.43. The second-order valence-electron chi connectivity index (χ2n) is 5.67. The molecule has 0 saturated heterocycles. The highest BCUT2D eigenvalue weighted by molar-refractivity contribution is 4.83. The van der Waals surface area contributed by atoms with Crippen molar-refractivity contribution >= 4 is 0 Å². The van der Waals surface area contributed by atoms with Crippen LogP contribution in [-0.4, -0.2) is 0 Å². The smallest absolute Gasteiger partial charge is 0.168 e. The van der Waals surface area contributed by atoms with E-state index in [4.69, 9.17) is 18.6 Å². The molecule has 5 nitrogen and oxygen atoms in total. The highest BCUT2D eigenvalue weighted by Crippen LogP contribution is 2.10. The summed E-state index contributed by atoms with van der Waals surface area (Å²) in [6, 6.07) is 6.29. The van der Waals surface area contributed by atoms with Crippen LogP contribution in [0.5, 0.6) is 0 Å². The summed E-state index contributed by atoms with van der Waals surface area (Å²) in [5.74, 6) is 0. The Morgan fingerprint density at radius 3 is 1.48 bits per heavy atom. The fourth-order valence-corrected chi connectivity index (χ4v) is 2.37. The maximum Gasteiger partial charge on any atom is 0.168 e. The van der Waals surface area contributed by atoms with Crippen molar-refractivity contribution in [2.75, 3.05) is 0 Å². The van der Waals surface area contributed by atoms with Gasteiger partial charge in [-0.05, 0) is 6.42 Å². The van der Waals surface area contributed by atoms with Gasteiger partial charge in [-0.15, -0.1) is 10.2 Å². The molecule has 0 saturated carbocycles. The third-order valence-corrected chi connectivity index (χ3v) is 3.55. The molecule has 0 atom stereocenters. The van der Waals surface area contributed by atoms with E-state index in [9.17, 15) is 0 Å². The van der Waals surface area contributed by atoms with Gasteiger partial charge >= 0.3 is 0 Å². The zero-order valence-corrected chi connectivity index (χ0v) is 14.9. The quantitative estimate of drug-likeness (QED) is 0.420. The summed E-state index contributed by atoms with van der Waals surface area (Å²) in [4.78, 5) is 0. The van der Waals surface area contributed by atoms with E-state index in [1.165, 1.54) is 70.8 Å². The van der Waals surface area contributed by atoms with Gasteiger partial charge in [-0.2, -0.15) is 0 Å². The van der Waals surface area contributed by atoms with E-state index in [2.05, 4.69) is 42.1 Å². The van der Waals surface area contributed by atoms with E-state index in [0.29, 0.717) is 0 Å². The molecule has 6 heteroatoms. The molecule has 0 aliphatic carbocycles. The maximum absolute atomic E-state index is 8.49. The van der Waals surface area contributed by atoms with Gasteiger partial charge in [0.05, 0.1) is 0 Å². The molecule has 0 radical (unpaired) electrons. The van der Waals surface area contributed by atoms with Gasteiger partial charge in [-0.1, -0.05) is 64.4 Å². The second kappa shape index (κ2) is 14.8. The number of aryl methyl sites for hydroxylation is 1. The lowest BCUT2D eigenvalue weighted by atomic mass is 10.1. The first-order valence-corrected chi connectivity index (χ1v) is 9.72. The number of aromatic nitrogens is 1. The Balaban J connectivity index is 0.000000841. The largest absolute Gasteiger partial charge is 0.222 e. The number of hydrogen-bond donors (Lipinski definition) is 0. The number of hydrogen-bond acceptors (Lipinski definition) is 4. The number of rotatable bonds is 11. The van der Waals surface area contributed by atoms with Crippen LogP contribution in [0.4, 0.5) is 0 Å². The van der Waals surface area contributed by atoms with Crippen molar-refractivity contribution in [3.05, 3.63) is 30.6 Å². The van der Waals surface area contributed by atoms with Crippen LogP contribution in [0.2, 0.25) is 0 Å². The van der Waals surface area contributed by atoms with E-state index in [0.717, 1.165) is 0 Å². The van der Waals surface area contributed by atoms with Gasteiger partial charge in [0.15, 0.2) is 12.4 Å². The molecule has 1 aromatic heterocycles. The minimum Gasteiger partial charge on any atom is -0.222 e. The molecular formula is C17H30ClNO4. The average molecular weight is 348 g/mol. The van der Waals surface area contributed by atoms with Gasteiger partial charge in [-0.3, -0.25) is 0 Å². The summed E-state index contributed by atoms with van der Waals surface area (Å²) in [5, 5.41) is 0. The minimum absolute atomic E-state index is 1.18. The van der Waals surface area contributed by atoms with Crippen molar-refractivity contribution in [3.8, 4) is 0 Å². The van der Waals surface area contributed by atoms with Crippen molar-refractivity contribution in [2.45, 2.75) is 77.7 Å². The molecule has 0 aliphatic rings. The summed E-state index contributed by atoms with van der Waals surface area (Å²) in [6.45, 7) is 3.46. The summed E-state index contributed by atoms with van der Waals surface area (Å²) in [7, 11) is -4.94. The molecule has 0 N–H and O–H groups in total. The van der Waals surface area contributed by atoms with Crippen LogP contribution in [0.25, 0.3) is 0 Å². The molecule has 0 fully saturated rings. The van der Waals surface area contributed by atoms with Gasteiger partial charge in [-0.25, -0.2) is 23.2 Å². The first kappa shape index (κ1) is 22.3. The number of pyridine rings is 1. The predicted molar refractivity (Wildman–Crippen MR) is 78.5 cm³/mol. The van der Waals surface area contributed by atoms with Crippen LogP contribution in [-0.2, 0) is 6.54 Å². The van der Waals surface area contributed by atoms with Gasteiger partial charge in [0.25, 0.3) is 0 Å². The van der Waals surface area contributed by atoms with Crippen molar-refractivity contribution in [1.82, 2.24) is 0 Å². The van der Waals surface area contributed by atoms with Crippen LogP contribution in [0.3, 0.4) is 0 Å². The summed E-state index contributed by atoms with van der Waals surface area (Å²) in [5.41, 5.74) is 0. The molecule has 134 valence electrons.